The summed E-state index contributed by atoms with van der Waals surface area (Å²) >= 11 is 0. The molecule has 0 saturated carbocycles. The summed E-state index contributed by atoms with van der Waals surface area (Å²) in [5.74, 6) is -0.678. The number of carbonyl (C=O) groups is 2. The van der Waals surface area contributed by atoms with Gasteiger partial charge in [0, 0.05) is 13.0 Å². The standard InChI is InChI=1S/C21H35N3O4S/c1-5-7-8-17(6-2)14-23-21(26)19(11-12-20(22)25)24-29(27,28)18-10-9-15(3)16(4)13-18/h9-10,13,17,19,24H,5-8,11-12,14H2,1-4H3,(H2,22,25)(H,23,26)/t17-,19+/m1/s1. The molecule has 0 aliphatic rings. The lowest BCUT2D eigenvalue weighted by molar-refractivity contribution is -0.123. The minimum Gasteiger partial charge on any atom is -0.370 e. The summed E-state index contributed by atoms with van der Waals surface area (Å²) in [6.07, 6.45) is 4.03. The van der Waals surface area contributed by atoms with Gasteiger partial charge in [-0.15, -0.1) is 0 Å². The van der Waals surface area contributed by atoms with Crippen molar-refractivity contribution >= 4 is 21.8 Å². The van der Waals surface area contributed by atoms with E-state index in [0.29, 0.717) is 12.5 Å². The quantitative estimate of drug-likeness (QED) is 0.450. The van der Waals surface area contributed by atoms with Gasteiger partial charge in [-0.2, -0.15) is 4.72 Å². The molecular formula is C21H35N3O4S. The molecule has 4 N–H and O–H groups in total. The zero-order valence-corrected chi connectivity index (χ0v) is 18.8. The van der Waals surface area contributed by atoms with Crippen molar-refractivity contribution in [3.63, 3.8) is 0 Å². The Morgan fingerprint density at radius 3 is 2.34 bits per heavy atom. The van der Waals surface area contributed by atoms with Crippen molar-refractivity contribution < 1.29 is 18.0 Å². The molecule has 0 aromatic heterocycles. The van der Waals surface area contributed by atoms with Crippen molar-refractivity contribution in [2.75, 3.05) is 6.54 Å². The summed E-state index contributed by atoms with van der Waals surface area (Å²) in [5.41, 5.74) is 7.02. The molecule has 29 heavy (non-hydrogen) atoms. The Labute approximate surface area is 174 Å². The predicted octanol–water partition coefficient (Wildman–Crippen LogP) is 2.55. The third-order valence-electron chi connectivity index (χ3n) is 5.19. The largest absolute Gasteiger partial charge is 0.370 e. The van der Waals surface area contributed by atoms with E-state index in [1.165, 1.54) is 6.07 Å². The van der Waals surface area contributed by atoms with Crippen LogP contribution in [0.3, 0.4) is 0 Å². The van der Waals surface area contributed by atoms with Crippen LogP contribution >= 0.6 is 0 Å². The number of carbonyl (C=O) groups excluding carboxylic acids is 2. The van der Waals surface area contributed by atoms with Crippen molar-refractivity contribution in [2.24, 2.45) is 11.7 Å². The summed E-state index contributed by atoms with van der Waals surface area (Å²) in [6, 6.07) is 3.74. The maximum atomic E-state index is 12.8. The highest BCUT2D eigenvalue weighted by atomic mass is 32.2. The van der Waals surface area contributed by atoms with Gasteiger partial charge in [0.15, 0.2) is 0 Å². The van der Waals surface area contributed by atoms with Crippen molar-refractivity contribution in [2.45, 2.75) is 77.2 Å². The van der Waals surface area contributed by atoms with E-state index < -0.39 is 27.9 Å². The van der Waals surface area contributed by atoms with Crippen LogP contribution in [0.1, 0.15) is 63.5 Å². The minimum absolute atomic E-state index is 0.0109. The van der Waals surface area contributed by atoms with Gasteiger partial charge < -0.3 is 11.1 Å². The molecule has 1 rings (SSSR count). The molecule has 0 heterocycles. The van der Waals surface area contributed by atoms with E-state index in [1.54, 1.807) is 12.1 Å². The molecule has 0 aliphatic carbocycles. The predicted molar refractivity (Wildman–Crippen MR) is 115 cm³/mol. The first-order valence-electron chi connectivity index (χ1n) is 10.3. The number of benzene rings is 1. The molecule has 0 spiro atoms. The maximum Gasteiger partial charge on any atom is 0.241 e. The Balaban J connectivity index is 2.91. The number of rotatable bonds is 13. The highest BCUT2D eigenvalue weighted by Crippen LogP contribution is 2.16. The third-order valence-corrected chi connectivity index (χ3v) is 6.66. The average Bonchev–Trinajstić information content (AvgIpc) is 2.66. The molecule has 164 valence electrons. The molecule has 7 nitrogen and oxygen atoms in total. The van der Waals surface area contributed by atoms with E-state index in [2.05, 4.69) is 23.9 Å². The van der Waals surface area contributed by atoms with E-state index in [9.17, 15) is 18.0 Å². The summed E-state index contributed by atoms with van der Waals surface area (Å²) in [4.78, 5) is 24.0. The van der Waals surface area contributed by atoms with Crippen molar-refractivity contribution in [1.29, 1.82) is 0 Å². The van der Waals surface area contributed by atoms with E-state index in [4.69, 9.17) is 5.73 Å². The molecular weight excluding hydrogens is 390 g/mol. The van der Waals surface area contributed by atoms with Gasteiger partial charge in [0.1, 0.15) is 6.04 Å². The maximum absolute atomic E-state index is 12.8. The van der Waals surface area contributed by atoms with Crippen molar-refractivity contribution in [1.82, 2.24) is 10.0 Å². The normalized spacial score (nSPS) is 13.7. The molecule has 0 radical (unpaired) electrons. The first kappa shape index (κ1) is 25.1. The molecule has 0 fully saturated rings. The summed E-state index contributed by atoms with van der Waals surface area (Å²) in [5, 5.41) is 2.84. The molecule has 0 aliphatic heterocycles. The molecule has 2 amide bonds. The average molecular weight is 426 g/mol. The van der Waals surface area contributed by atoms with Gasteiger partial charge in [0.05, 0.1) is 4.90 Å². The number of aryl methyl sites for hydroxylation is 2. The molecule has 0 unspecified atom stereocenters. The van der Waals surface area contributed by atoms with Gasteiger partial charge in [-0.05, 0) is 55.9 Å². The fraction of sp³-hybridized carbons (Fsp3) is 0.619. The summed E-state index contributed by atoms with van der Waals surface area (Å²) in [6.45, 7) is 8.39. The molecule has 1 aromatic carbocycles. The van der Waals surface area contributed by atoms with Crippen LogP contribution in [-0.4, -0.2) is 32.8 Å². The van der Waals surface area contributed by atoms with Crippen LogP contribution in [0.2, 0.25) is 0 Å². The van der Waals surface area contributed by atoms with Crippen molar-refractivity contribution in [3.05, 3.63) is 29.3 Å². The van der Waals surface area contributed by atoms with Gasteiger partial charge in [-0.3, -0.25) is 9.59 Å². The van der Waals surface area contributed by atoms with Gasteiger partial charge in [-0.25, -0.2) is 8.42 Å². The number of sulfonamides is 1. The topological polar surface area (TPSA) is 118 Å². The smallest absolute Gasteiger partial charge is 0.241 e. The van der Waals surface area contributed by atoms with Crippen LogP contribution in [0, 0.1) is 19.8 Å². The molecule has 0 bridgehead atoms. The Kier molecular flexibility index (Phi) is 10.3. The van der Waals surface area contributed by atoms with Gasteiger partial charge in [0.2, 0.25) is 21.8 Å². The van der Waals surface area contributed by atoms with E-state index in [1.807, 2.05) is 13.8 Å². The number of nitrogens with one attached hydrogen (secondary N) is 2. The lowest BCUT2D eigenvalue weighted by Crippen LogP contribution is -2.48. The monoisotopic (exact) mass is 425 g/mol. The second kappa shape index (κ2) is 11.9. The molecule has 8 heteroatoms. The number of hydrogen-bond donors (Lipinski definition) is 3. The number of primary amides is 1. The highest BCUT2D eigenvalue weighted by Gasteiger charge is 2.26. The number of amides is 2. The number of nitrogens with two attached hydrogens (primary N) is 1. The zero-order valence-electron chi connectivity index (χ0n) is 18.0. The SMILES string of the molecule is CCCC[C@@H](CC)CNC(=O)[C@H](CCC(N)=O)NS(=O)(=O)c1ccc(C)c(C)c1. The van der Waals surface area contributed by atoms with Crippen LogP contribution in [-0.2, 0) is 19.6 Å². The summed E-state index contributed by atoms with van der Waals surface area (Å²) < 4.78 is 28.0. The van der Waals surface area contributed by atoms with Crippen LogP contribution < -0.4 is 15.8 Å². The number of hydrogen-bond acceptors (Lipinski definition) is 4. The minimum atomic E-state index is -3.91. The van der Waals surface area contributed by atoms with E-state index >= 15 is 0 Å². The second-order valence-corrected chi connectivity index (χ2v) is 9.30. The fourth-order valence-corrected chi connectivity index (χ4v) is 4.29. The molecule has 2 atom stereocenters. The molecule has 0 saturated heterocycles. The lowest BCUT2D eigenvalue weighted by atomic mass is 9.99. The van der Waals surface area contributed by atoms with Gasteiger partial charge in [0.25, 0.3) is 0 Å². The highest BCUT2D eigenvalue weighted by molar-refractivity contribution is 7.89. The van der Waals surface area contributed by atoms with Crippen LogP contribution in [0.4, 0.5) is 0 Å². The lowest BCUT2D eigenvalue weighted by Gasteiger charge is -2.21. The second-order valence-electron chi connectivity index (χ2n) is 7.59. The Bertz CT molecular complexity index is 793. The zero-order chi connectivity index (χ0) is 22.0. The van der Waals surface area contributed by atoms with Crippen LogP contribution in [0.25, 0.3) is 0 Å². The number of unbranched alkanes of at least 4 members (excludes halogenated alkanes) is 1. The fourth-order valence-electron chi connectivity index (χ4n) is 2.98. The van der Waals surface area contributed by atoms with Gasteiger partial charge in [-0.1, -0.05) is 39.2 Å². The van der Waals surface area contributed by atoms with E-state index in [-0.39, 0.29) is 17.7 Å². The van der Waals surface area contributed by atoms with Crippen LogP contribution in [0.15, 0.2) is 23.1 Å². The van der Waals surface area contributed by atoms with Crippen molar-refractivity contribution in [3.8, 4) is 0 Å². The summed E-state index contributed by atoms with van der Waals surface area (Å²) in [7, 11) is -3.91. The Morgan fingerprint density at radius 1 is 1.10 bits per heavy atom. The first-order chi connectivity index (χ1) is 13.6. The first-order valence-corrected chi connectivity index (χ1v) is 11.7. The molecule has 1 aromatic rings. The van der Waals surface area contributed by atoms with E-state index in [0.717, 1.165) is 36.8 Å². The third kappa shape index (κ3) is 8.53. The Hall–Kier alpha value is -1.93. The Morgan fingerprint density at radius 2 is 1.79 bits per heavy atom. The van der Waals surface area contributed by atoms with Crippen LogP contribution in [0.5, 0.6) is 0 Å². The van der Waals surface area contributed by atoms with Gasteiger partial charge >= 0.3 is 0 Å².